The standard InChI is InChI=1S/C27H26ClN3O3/c1-18-10-11-23(12-19(18)2)31-16-22(14-26(31)32)27(33)30-29-15-20-6-5-8-24(13-20)34-17-21-7-3-4-9-25(21)28/h3-13,15,22H,14,16-17H2,1-2H3,(H,30,33)/b29-15-/t22-/m0/s1. The van der Waals surface area contributed by atoms with E-state index in [9.17, 15) is 9.59 Å². The highest BCUT2D eigenvalue weighted by atomic mass is 35.5. The fraction of sp³-hybridized carbons (Fsp3) is 0.222. The maximum absolute atomic E-state index is 12.6. The Morgan fingerprint density at radius 1 is 1.12 bits per heavy atom. The molecule has 1 aliphatic heterocycles. The number of hydrogen-bond donors (Lipinski definition) is 1. The van der Waals surface area contributed by atoms with E-state index >= 15 is 0 Å². The molecule has 174 valence electrons. The van der Waals surface area contributed by atoms with Gasteiger partial charge in [0.25, 0.3) is 0 Å². The molecular weight excluding hydrogens is 450 g/mol. The molecule has 1 atom stereocenters. The van der Waals surface area contributed by atoms with Crippen molar-refractivity contribution in [2.24, 2.45) is 11.0 Å². The van der Waals surface area contributed by atoms with Gasteiger partial charge in [0.15, 0.2) is 0 Å². The van der Waals surface area contributed by atoms with Crippen LogP contribution in [0.25, 0.3) is 0 Å². The number of hydrazone groups is 1. The largest absolute Gasteiger partial charge is 0.489 e. The highest BCUT2D eigenvalue weighted by Gasteiger charge is 2.35. The maximum atomic E-state index is 12.6. The predicted molar refractivity (Wildman–Crippen MR) is 134 cm³/mol. The second kappa shape index (κ2) is 10.5. The zero-order valence-corrected chi connectivity index (χ0v) is 19.9. The highest BCUT2D eigenvalue weighted by Crippen LogP contribution is 2.27. The topological polar surface area (TPSA) is 71.0 Å². The molecule has 0 spiro atoms. The summed E-state index contributed by atoms with van der Waals surface area (Å²) in [6.45, 7) is 4.73. The van der Waals surface area contributed by atoms with Crippen molar-refractivity contribution in [3.05, 3.63) is 94.0 Å². The van der Waals surface area contributed by atoms with Crippen LogP contribution in [0.15, 0.2) is 71.8 Å². The number of aryl methyl sites for hydroxylation is 2. The Hall–Kier alpha value is -3.64. The van der Waals surface area contributed by atoms with Gasteiger partial charge in [-0.15, -0.1) is 0 Å². The van der Waals surface area contributed by atoms with Crippen LogP contribution in [0.5, 0.6) is 5.75 Å². The summed E-state index contributed by atoms with van der Waals surface area (Å²) in [7, 11) is 0. The minimum absolute atomic E-state index is 0.0595. The smallest absolute Gasteiger partial charge is 0.245 e. The predicted octanol–water partition coefficient (Wildman–Crippen LogP) is 5.04. The molecule has 1 N–H and O–H groups in total. The molecule has 2 amide bonds. The van der Waals surface area contributed by atoms with Crippen LogP contribution >= 0.6 is 11.6 Å². The van der Waals surface area contributed by atoms with E-state index in [0.717, 1.165) is 27.9 Å². The summed E-state index contributed by atoms with van der Waals surface area (Å²) in [6.07, 6.45) is 1.72. The van der Waals surface area contributed by atoms with Crippen molar-refractivity contribution < 1.29 is 14.3 Å². The number of nitrogens with one attached hydrogen (secondary N) is 1. The summed E-state index contributed by atoms with van der Waals surface area (Å²) in [6, 6.07) is 20.8. The van der Waals surface area contributed by atoms with Crippen molar-refractivity contribution >= 4 is 35.3 Å². The Bertz CT molecular complexity index is 1240. The second-order valence-corrected chi connectivity index (χ2v) is 8.77. The summed E-state index contributed by atoms with van der Waals surface area (Å²) in [5.41, 5.74) is 7.33. The second-order valence-electron chi connectivity index (χ2n) is 8.36. The number of hydrogen-bond acceptors (Lipinski definition) is 4. The third kappa shape index (κ3) is 5.64. The lowest BCUT2D eigenvalue weighted by Gasteiger charge is -2.17. The molecule has 4 rings (SSSR count). The van der Waals surface area contributed by atoms with Gasteiger partial charge in [-0.2, -0.15) is 5.10 Å². The Kier molecular flexibility index (Phi) is 7.28. The van der Waals surface area contributed by atoms with Crippen molar-refractivity contribution in [2.45, 2.75) is 26.9 Å². The van der Waals surface area contributed by atoms with Crippen LogP contribution in [-0.4, -0.2) is 24.6 Å². The van der Waals surface area contributed by atoms with Crippen molar-refractivity contribution in [3.8, 4) is 5.75 Å². The van der Waals surface area contributed by atoms with E-state index in [1.54, 1.807) is 11.1 Å². The monoisotopic (exact) mass is 475 g/mol. The van der Waals surface area contributed by atoms with Gasteiger partial charge in [0.1, 0.15) is 12.4 Å². The maximum Gasteiger partial charge on any atom is 0.245 e. The number of rotatable bonds is 7. The van der Waals surface area contributed by atoms with E-state index in [-0.39, 0.29) is 18.2 Å². The van der Waals surface area contributed by atoms with E-state index in [2.05, 4.69) is 10.5 Å². The SMILES string of the molecule is Cc1ccc(N2C[C@@H](C(=O)N/N=C\c3cccc(OCc4ccccc4Cl)c3)CC2=O)cc1C. The molecular formula is C27H26ClN3O3. The van der Waals surface area contributed by atoms with Gasteiger partial charge >= 0.3 is 0 Å². The summed E-state index contributed by atoms with van der Waals surface area (Å²) in [5, 5.41) is 4.73. The van der Waals surface area contributed by atoms with E-state index < -0.39 is 5.92 Å². The molecule has 6 nitrogen and oxygen atoms in total. The number of ether oxygens (including phenoxy) is 1. The number of benzene rings is 3. The summed E-state index contributed by atoms with van der Waals surface area (Å²) in [4.78, 5) is 26.8. The van der Waals surface area contributed by atoms with Gasteiger partial charge < -0.3 is 9.64 Å². The normalized spacial score (nSPS) is 15.7. The van der Waals surface area contributed by atoms with Gasteiger partial charge in [0.2, 0.25) is 11.8 Å². The molecule has 1 aliphatic rings. The Labute approximate surface area is 204 Å². The van der Waals surface area contributed by atoms with Crippen molar-refractivity contribution in [3.63, 3.8) is 0 Å². The lowest BCUT2D eigenvalue weighted by molar-refractivity contribution is -0.126. The van der Waals surface area contributed by atoms with E-state index in [1.165, 1.54) is 0 Å². The first-order valence-corrected chi connectivity index (χ1v) is 11.5. The zero-order valence-electron chi connectivity index (χ0n) is 19.1. The average molecular weight is 476 g/mol. The van der Waals surface area contributed by atoms with Gasteiger partial charge in [0.05, 0.1) is 12.1 Å². The van der Waals surface area contributed by atoms with E-state index in [1.807, 2.05) is 80.6 Å². The zero-order chi connectivity index (χ0) is 24.1. The van der Waals surface area contributed by atoms with Gasteiger partial charge in [-0.25, -0.2) is 5.43 Å². The van der Waals surface area contributed by atoms with Crippen LogP contribution < -0.4 is 15.1 Å². The third-order valence-electron chi connectivity index (χ3n) is 5.90. The Balaban J connectivity index is 1.32. The number of halogens is 1. The molecule has 0 radical (unpaired) electrons. The molecule has 0 aliphatic carbocycles. The minimum atomic E-state index is -0.448. The van der Waals surface area contributed by atoms with Gasteiger partial charge in [-0.1, -0.05) is 48.0 Å². The molecule has 3 aromatic rings. The van der Waals surface area contributed by atoms with Crippen LogP contribution in [0.1, 0.15) is 28.7 Å². The van der Waals surface area contributed by atoms with Gasteiger partial charge in [-0.3, -0.25) is 9.59 Å². The average Bonchev–Trinajstić information content (AvgIpc) is 3.22. The lowest BCUT2D eigenvalue weighted by atomic mass is 10.1. The Morgan fingerprint density at radius 2 is 1.94 bits per heavy atom. The Morgan fingerprint density at radius 3 is 2.74 bits per heavy atom. The lowest BCUT2D eigenvalue weighted by Crippen LogP contribution is -2.30. The molecule has 0 bridgehead atoms. The van der Waals surface area contributed by atoms with Gasteiger partial charge in [0, 0.05) is 29.2 Å². The molecule has 0 unspecified atom stereocenters. The van der Waals surface area contributed by atoms with Crippen LogP contribution in [0, 0.1) is 19.8 Å². The van der Waals surface area contributed by atoms with Crippen molar-refractivity contribution in [2.75, 3.05) is 11.4 Å². The molecule has 1 fully saturated rings. The van der Waals surface area contributed by atoms with Crippen LogP contribution in [-0.2, 0) is 16.2 Å². The van der Waals surface area contributed by atoms with Crippen LogP contribution in [0.3, 0.4) is 0 Å². The fourth-order valence-electron chi connectivity index (χ4n) is 3.75. The molecule has 0 saturated carbocycles. The first-order valence-electron chi connectivity index (χ1n) is 11.1. The quantitative estimate of drug-likeness (QED) is 0.384. The molecule has 7 heteroatoms. The molecule has 0 aromatic heterocycles. The first kappa shape index (κ1) is 23.5. The fourth-order valence-corrected chi connectivity index (χ4v) is 3.94. The summed E-state index contributed by atoms with van der Waals surface area (Å²) < 4.78 is 5.83. The highest BCUT2D eigenvalue weighted by molar-refractivity contribution is 6.31. The van der Waals surface area contributed by atoms with Crippen molar-refractivity contribution in [1.29, 1.82) is 0 Å². The number of carbonyl (C=O) groups excluding carboxylic acids is 2. The van der Waals surface area contributed by atoms with Crippen LogP contribution in [0.4, 0.5) is 5.69 Å². The number of carbonyl (C=O) groups is 2. The third-order valence-corrected chi connectivity index (χ3v) is 6.27. The van der Waals surface area contributed by atoms with Crippen LogP contribution in [0.2, 0.25) is 5.02 Å². The number of nitrogens with zero attached hydrogens (tertiary/aromatic N) is 2. The summed E-state index contributed by atoms with van der Waals surface area (Å²) >= 11 is 6.17. The number of anilines is 1. The molecule has 34 heavy (non-hydrogen) atoms. The first-order chi connectivity index (χ1) is 16.4. The minimum Gasteiger partial charge on any atom is -0.489 e. The van der Waals surface area contributed by atoms with E-state index in [4.69, 9.17) is 16.3 Å². The number of amides is 2. The molecule has 3 aromatic carbocycles. The van der Waals surface area contributed by atoms with E-state index in [0.29, 0.717) is 23.9 Å². The summed E-state index contributed by atoms with van der Waals surface area (Å²) in [5.74, 6) is -0.116. The molecule has 1 heterocycles. The molecule has 1 saturated heterocycles. The van der Waals surface area contributed by atoms with Gasteiger partial charge in [-0.05, 0) is 60.9 Å². The van der Waals surface area contributed by atoms with Crippen molar-refractivity contribution in [1.82, 2.24) is 5.43 Å².